The van der Waals surface area contributed by atoms with Crippen LogP contribution in [0, 0.1) is 5.82 Å². The molecule has 0 saturated carbocycles. The summed E-state index contributed by atoms with van der Waals surface area (Å²) in [5.41, 5.74) is 0.293. The van der Waals surface area contributed by atoms with Gasteiger partial charge in [0.05, 0.1) is 6.61 Å². The lowest BCUT2D eigenvalue weighted by Crippen LogP contribution is -2.53. The molecule has 1 aromatic carbocycles. The second-order valence-corrected chi connectivity index (χ2v) is 5.61. The normalized spacial score (nSPS) is 17.6. The van der Waals surface area contributed by atoms with E-state index in [1.54, 1.807) is 24.1 Å². The molecular formula is C17H25FN2O4. The minimum absolute atomic E-state index is 0.111. The van der Waals surface area contributed by atoms with E-state index in [1.807, 2.05) is 6.92 Å². The molecule has 1 N–H and O–H groups in total. The molecule has 1 aliphatic rings. The zero-order chi connectivity index (χ0) is 17.4. The molecule has 0 radical (unpaired) electrons. The van der Waals surface area contributed by atoms with Crippen LogP contribution >= 0.6 is 0 Å². The van der Waals surface area contributed by atoms with Crippen molar-refractivity contribution < 1.29 is 23.4 Å². The van der Waals surface area contributed by atoms with E-state index in [-0.39, 0.29) is 12.6 Å². The van der Waals surface area contributed by atoms with Gasteiger partial charge in [0.15, 0.2) is 0 Å². The van der Waals surface area contributed by atoms with Crippen molar-refractivity contribution in [3.8, 4) is 5.75 Å². The number of carbonyl (C=O) groups excluding carboxylic acids is 1. The van der Waals surface area contributed by atoms with Crippen LogP contribution in [-0.4, -0.2) is 57.0 Å². The molecule has 1 atom stereocenters. The zero-order valence-corrected chi connectivity index (χ0v) is 14.2. The summed E-state index contributed by atoms with van der Waals surface area (Å²) in [5, 5.41) is 3.25. The number of ether oxygens (including phenoxy) is 3. The van der Waals surface area contributed by atoms with Gasteiger partial charge in [0.25, 0.3) is 0 Å². The SMILES string of the molecule is CCC1CNCCN1C(=O)OCc1cc(OCCOC)ccc1F. The number of hydrogen-bond acceptors (Lipinski definition) is 5. The Kier molecular flexibility index (Phi) is 7.27. The molecule has 6 nitrogen and oxygen atoms in total. The number of amides is 1. The Balaban J connectivity index is 1.92. The van der Waals surface area contributed by atoms with Crippen LogP contribution in [0.2, 0.25) is 0 Å². The van der Waals surface area contributed by atoms with E-state index in [1.165, 1.54) is 6.07 Å². The molecule has 1 aromatic rings. The van der Waals surface area contributed by atoms with Gasteiger partial charge in [0, 0.05) is 38.3 Å². The fourth-order valence-electron chi connectivity index (χ4n) is 2.58. The second kappa shape index (κ2) is 9.44. The van der Waals surface area contributed by atoms with Crippen molar-refractivity contribution in [3.05, 3.63) is 29.6 Å². The van der Waals surface area contributed by atoms with Gasteiger partial charge in [0.1, 0.15) is 24.8 Å². The van der Waals surface area contributed by atoms with Crippen LogP contribution in [0.3, 0.4) is 0 Å². The van der Waals surface area contributed by atoms with Gasteiger partial charge in [-0.25, -0.2) is 9.18 Å². The molecule has 0 aromatic heterocycles. The lowest BCUT2D eigenvalue weighted by atomic mass is 10.1. The molecule has 1 fully saturated rings. The predicted octanol–water partition coefficient (Wildman–Crippen LogP) is 2.17. The third kappa shape index (κ3) is 5.07. The number of benzene rings is 1. The number of hydrogen-bond donors (Lipinski definition) is 1. The molecule has 2 rings (SSSR count). The van der Waals surface area contributed by atoms with Gasteiger partial charge in [-0.3, -0.25) is 0 Å². The van der Waals surface area contributed by atoms with Crippen LogP contribution in [0.4, 0.5) is 9.18 Å². The highest BCUT2D eigenvalue weighted by atomic mass is 19.1. The average Bonchev–Trinajstić information content (AvgIpc) is 2.61. The number of halogens is 1. The molecular weight excluding hydrogens is 315 g/mol. The first kappa shape index (κ1) is 18.5. The maximum absolute atomic E-state index is 13.9. The number of carbonyl (C=O) groups is 1. The van der Waals surface area contributed by atoms with Crippen LogP contribution < -0.4 is 10.1 Å². The topological polar surface area (TPSA) is 60.0 Å². The summed E-state index contributed by atoms with van der Waals surface area (Å²) in [6.07, 6.45) is 0.438. The Hall–Kier alpha value is -1.86. The number of piperazine rings is 1. The van der Waals surface area contributed by atoms with Crippen molar-refractivity contribution in [3.63, 3.8) is 0 Å². The van der Waals surface area contributed by atoms with E-state index in [2.05, 4.69) is 5.32 Å². The fraction of sp³-hybridized carbons (Fsp3) is 0.588. The second-order valence-electron chi connectivity index (χ2n) is 5.61. The number of nitrogens with zero attached hydrogens (tertiary/aromatic N) is 1. The monoisotopic (exact) mass is 340 g/mol. The molecule has 0 aliphatic carbocycles. The summed E-state index contributed by atoms with van der Waals surface area (Å²) in [5.74, 6) is 0.0994. The lowest BCUT2D eigenvalue weighted by molar-refractivity contribution is 0.0705. The Morgan fingerprint density at radius 3 is 3.00 bits per heavy atom. The molecule has 7 heteroatoms. The van der Waals surface area contributed by atoms with Crippen LogP contribution in [-0.2, 0) is 16.1 Å². The van der Waals surface area contributed by atoms with Crippen molar-refractivity contribution in [1.29, 1.82) is 0 Å². The largest absolute Gasteiger partial charge is 0.491 e. The van der Waals surface area contributed by atoms with Gasteiger partial charge in [0.2, 0.25) is 0 Å². The molecule has 0 bridgehead atoms. The predicted molar refractivity (Wildman–Crippen MR) is 87.6 cm³/mol. The van der Waals surface area contributed by atoms with E-state index >= 15 is 0 Å². The van der Waals surface area contributed by atoms with E-state index in [9.17, 15) is 9.18 Å². The Labute approximate surface area is 141 Å². The first-order chi connectivity index (χ1) is 11.7. The van der Waals surface area contributed by atoms with E-state index in [0.717, 1.165) is 19.5 Å². The van der Waals surface area contributed by atoms with Gasteiger partial charge >= 0.3 is 6.09 Å². The maximum atomic E-state index is 13.9. The zero-order valence-electron chi connectivity index (χ0n) is 14.2. The van der Waals surface area contributed by atoms with Gasteiger partial charge in [-0.2, -0.15) is 0 Å². The molecule has 0 spiro atoms. The van der Waals surface area contributed by atoms with Gasteiger partial charge in [-0.05, 0) is 24.6 Å². The van der Waals surface area contributed by atoms with Crippen molar-refractivity contribution in [2.75, 3.05) is 40.0 Å². The smallest absolute Gasteiger partial charge is 0.410 e. The minimum Gasteiger partial charge on any atom is -0.491 e. The van der Waals surface area contributed by atoms with Crippen molar-refractivity contribution in [2.45, 2.75) is 26.0 Å². The van der Waals surface area contributed by atoms with Crippen LogP contribution in [0.5, 0.6) is 5.75 Å². The third-order valence-electron chi connectivity index (χ3n) is 3.98. The van der Waals surface area contributed by atoms with Gasteiger partial charge < -0.3 is 24.4 Å². The maximum Gasteiger partial charge on any atom is 0.410 e. The summed E-state index contributed by atoms with van der Waals surface area (Å²) in [6.45, 7) is 4.82. The Bertz CT molecular complexity index is 541. The minimum atomic E-state index is -0.422. The Morgan fingerprint density at radius 1 is 1.42 bits per heavy atom. The first-order valence-corrected chi connectivity index (χ1v) is 8.20. The highest BCUT2D eigenvalue weighted by molar-refractivity contribution is 5.68. The highest BCUT2D eigenvalue weighted by Crippen LogP contribution is 2.19. The van der Waals surface area contributed by atoms with Crippen molar-refractivity contribution in [1.82, 2.24) is 10.2 Å². The van der Waals surface area contributed by atoms with Crippen LogP contribution in [0.25, 0.3) is 0 Å². The van der Waals surface area contributed by atoms with E-state index < -0.39 is 11.9 Å². The number of nitrogens with one attached hydrogen (secondary N) is 1. The molecule has 134 valence electrons. The van der Waals surface area contributed by atoms with Gasteiger partial charge in [-0.15, -0.1) is 0 Å². The summed E-state index contributed by atoms with van der Waals surface area (Å²) >= 11 is 0. The lowest BCUT2D eigenvalue weighted by Gasteiger charge is -2.34. The number of rotatable bonds is 7. The standard InChI is InChI=1S/C17H25FN2O4/c1-3-14-11-19-6-7-20(14)17(21)24-12-13-10-15(4-5-16(13)18)23-9-8-22-2/h4-5,10,14,19H,3,6-9,11-12H2,1-2H3. The average molecular weight is 340 g/mol. The number of methoxy groups -OCH3 is 1. The van der Waals surface area contributed by atoms with Crippen LogP contribution in [0.15, 0.2) is 18.2 Å². The summed E-state index contributed by atoms with van der Waals surface area (Å²) in [6, 6.07) is 4.51. The molecule has 1 aliphatic heterocycles. The quantitative estimate of drug-likeness (QED) is 0.771. The van der Waals surface area contributed by atoms with E-state index in [4.69, 9.17) is 14.2 Å². The molecule has 1 saturated heterocycles. The van der Waals surface area contributed by atoms with Crippen molar-refractivity contribution in [2.24, 2.45) is 0 Å². The van der Waals surface area contributed by atoms with Gasteiger partial charge in [-0.1, -0.05) is 6.92 Å². The summed E-state index contributed by atoms with van der Waals surface area (Å²) in [7, 11) is 1.58. The highest BCUT2D eigenvalue weighted by Gasteiger charge is 2.26. The summed E-state index contributed by atoms with van der Waals surface area (Å²) in [4.78, 5) is 14.0. The third-order valence-corrected chi connectivity index (χ3v) is 3.98. The summed E-state index contributed by atoms with van der Waals surface area (Å²) < 4.78 is 29.6. The molecule has 24 heavy (non-hydrogen) atoms. The molecule has 1 unspecified atom stereocenters. The first-order valence-electron chi connectivity index (χ1n) is 8.20. The van der Waals surface area contributed by atoms with E-state index in [0.29, 0.717) is 31.1 Å². The van der Waals surface area contributed by atoms with Crippen LogP contribution in [0.1, 0.15) is 18.9 Å². The molecule has 1 heterocycles. The fourth-order valence-corrected chi connectivity index (χ4v) is 2.58. The van der Waals surface area contributed by atoms with Crippen molar-refractivity contribution >= 4 is 6.09 Å². The Morgan fingerprint density at radius 2 is 2.25 bits per heavy atom. The molecule has 1 amide bonds.